The van der Waals surface area contributed by atoms with Gasteiger partial charge in [0, 0.05) is 42.6 Å². The normalized spacial score (nSPS) is 16.7. The number of aliphatic carboxylic acids is 3. The van der Waals surface area contributed by atoms with E-state index in [9.17, 15) is 19.5 Å². The molecule has 1 fully saturated rings. The summed E-state index contributed by atoms with van der Waals surface area (Å²) in [4.78, 5) is 37.2. The van der Waals surface area contributed by atoms with Crippen LogP contribution < -0.4 is 5.32 Å². The highest BCUT2D eigenvalue weighted by Crippen LogP contribution is 2.33. The van der Waals surface area contributed by atoms with Gasteiger partial charge in [-0.15, -0.1) is 0 Å². The second-order valence-electron chi connectivity index (χ2n) is 11.4. The van der Waals surface area contributed by atoms with E-state index in [2.05, 4.69) is 55.0 Å². The summed E-state index contributed by atoms with van der Waals surface area (Å²) < 4.78 is 0. The Morgan fingerprint density at radius 1 is 0.872 bits per heavy atom. The fourth-order valence-corrected chi connectivity index (χ4v) is 5.11. The molecular weight excluding hydrogens is 506 g/mol. The van der Waals surface area contributed by atoms with E-state index in [0.29, 0.717) is 11.8 Å². The van der Waals surface area contributed by atoms with Gasteiger partial charge in [-0.25, -0.2) is 4.79 Å². The molecule has 1 aromatic carbocycles. The summed E-state index contributed by atoms with van der Waals surface area (Å²) in [5, 5.41) is 47.2. The Hall–Kier alpha value is -3.54. The number of carboxylic acid groups (broad SMARTS) is 3. The first-order chi connectivity index (χ1) is 18.0. The van der Waals surface area contributed by atoms with Crippen molar-refractivity contribution in [2.75, 3.05) is 0 Å². The number of phenolic OH excluding ortho intramolecular Hbond substituents is 1. The van der Waals surface area contributed by atoms with Gasteiger partial charge in [0.1, 0.15) is 5.75 Å². The van der Waals surface area contributed by atoms with Crippen molar-refractivity contribution in [2.45, 2.75) is 89.2 Å². The molecule has 11 heteroatoms. The number of aliphatic hydroxyl groups is 1. The molecule has 1 aliphatic rings. The number of rotatable bonds is 10. The van der Waals surface area contributed by atoms with Crippen molar-refractivity contribution in [1.29, 1.82) is 0 Å². The molecule has 1 aromatic heterocycles. The van der Waals surface area contributed by atoms with E-state index in [-0.39, 0.29) is 11.1 Å². The molecule has 2 heterocycles. The second kappa shape index (κ2) is 13.0. The van der Waals surface area contributed by atoms with Crippen LogP contribution in [0.3, 0.4) is 0 Å². The zero-order chi connectivity index (χ0) is 29.4. The van der Waals surface area contributed by atoms with Gasteiger partial charge in [-0.05, 0) is 75.9 Å². The quantitative estimate of drug-likeness (QED) is 0.258. The van der Waals surface area contributed by atoms with Gasteiger partial charge in [0.05, 0.1) is 12.8 Å². The molecule has 6 N–H and O–H groups in total. The molecule has 0 unspecified atom stereocenters. The molecule has 39 heavy (non-hydrogen) atoms. The number of piperidine rings is 1. The molecule has 0 bridgehead atoms. The minimum absolute atomic E-state index is 0.109. The molecule has 0 amide bonds. The Labute approximate surface area is 228 Å². The predicted molar refractivity (Wildman–Crippen MR) is 143 cm³/mol. The third-order valence-electron chi connectivity index (χ3n) is 6.43. The number of nitrogens with zero attached hydrogens (tertiary/aromatic N) is 2. The average Bonchev–Trinajstić information content (AvgIpc) is 2.78. The number of carboxylic acids is 3. The maximum Gasteiger partial charge on any atom is 0.336 e. The molecule has 0 saturated carbocycles. The van der Waals surface area contributed by atoms with Crippen LogP contribution in [0, 0.1) is 0 Å². The van der Waals surface area contributed by atoms with Crippen LogP contribution in [-0.4, -0.2) is 76.0 Å². The zero-order valence-electron chi connectivity index (χ0n) is 22.8. The number of pyridine rings is 1. The second-order valence-corrected chi connectivity index (χ2v) is 11.4. The zero-order valence-corrected chi connectivity index (χ0v) is 22.8. The van der Waals surface area contributed by atoms with Crippen molar-refractivity contribution in [2.24, 2.45) is 0 Å². The van der Waals surface area contributed by atoms with Crippen molar-refractivity contribution < 1.29 is 39.9 Å². The summed E-state index contributed by atoms with van der Waals surface area (Å²) in [6, 6.07) is 12.3. The highest BCUT2D eigenvalue weighted by Gasteiger charge is 2.41. The summed E-state index contributed by atoms with van der Waals surface area (Å²) >= 11 is 0. The van der Waals surface area contributed by atoms with Crippen LogP contribution in [0.25, 0.3) is 0 Å². The lowest BCUT2D eigenvalue weighted by molar-refractivity contribution is -0.170. The molecule has 2 aromatic rings. The van der Waals surface area contributed by atoms with Gasteiger partial charge in [0.15, 0.2) is 5.60 Å². The van der Waals surface area contributed by atoms with E-state index in [1.54, 1.807) is 12.1 Å². The molecule has 0 spiro atoms. The third kappa shape index (κ3) is 10.6. The molecule has 3 rings (SSSR count). The van der Waals surface area contributed by atoms with Gasteiger partial charge in [0.25, 0.3) is 0 Å². The number of nitrogens with one attached hydrogen (secondary N) is 1. The number of carbonyl (C=O) groups is 3. The highest BCUT2D eigenvalue weighted by molar-refractivity contribution is 5.88. The lowest BCUT2D eigenvalue weighted by Crippen LogP contribution is -2.62. The van der Waals surface area contributed by atoms with Crippen LogP contribution in [0.2, 0.25) is 0 Å². The standard InChI is InChI=1S/C22H31N3O.C6H8O7/c1-21(2)13-19(14-22(3,4)24-21)25(16-18-9-11-23-12-10-18)15-17-5-7-20(26)8-6-17;7-3(8)1-6(13,5(11)12)2-4(9)10/h5-12,19,24,26H,13-16H2,1-4H3;13H,1-2H2,(H,7,8)(H,9,10)(H,11,12). The topological polar surface area (TPSA) is 181 Å². The lowest BCUT2D eigenvalue weighted by Gasteiger charge is -2.49. The van der Waals surface area contributed by atoms with E-state index < -0.39 is 36.4 Å². The molecule has 11 nitrogen and oxygen atoms in total. The SMILES string of the molecule is CC1(C)CC(N(Cc2ccncc2)Cc2ccc(O)cc2)CC(C)(C)N1.O=C(O)CC(O)(CC(=O)O)C(=O)O. The molecule has 214 valence electrons. The maximum absolute atomic E-state index is 10.3. The van der Waals surface area contributed by atoms with Crippen LogP contribution in [0.4, 0.5) is 0 Å². The lowest BCUT2D eigenvalue weighted by atomic mass is 9.79. The number of benzene rings is 1. The minimum atomic E-state index is -2.74. The maximum atomic E-state index is 10.3. The highest BCUT2D eigenvalue weighted by atomic mass is 16.4. The number of aromatic nitrogens is 1. The number of aromatic hydroxyl groups is 1. The predicted octanol–water partition coefficient (Wildman–Crippen LogP) is 2.85. The molecular formula is C28H39N3O8. The summed E-state index contributed by atoms with van der Waals surface area (Å²) in [7, 11) is 0. The van der Waals surface area contributed by atoms with E-state index in [1.807, 2.05) is 24.5 Å². The van der Waals surface area contributed by atoms with Crippen molar-refractivity contribution in [1.82, 2.24) is 15.2 Å². The summed E-state index contributed by atoms with van der Waals surface area (Å²) in [5.41, 5.74) is -0.00754. The van der Waals surface area contributed by atoms with Crippen molar-refractivity contribution in [3.63, 3.8) is 0 Å². The van der Waals surface area contributed by atoms with E-state index in [4.69, 9.17) is 20.4 Å². The number of hydrogen-bond acceptors (Lipinski definition) is 8. The monoisotopic (exact) mass is 545 g/mol. The van der Waals surface area contributed by atoms with Gasteiger partial charge < -0.3 is 30.8 Å². The molecule has 0 atom stereocenters. The van der Waals surface area contributed by atoms with Crippen LogP contribution in [0.1, 0.15) is 64.5 Å². The van der Waals surface area contributed by atoms with Crippen LogP contribution in [0.15, 0.2) is 48.8 Å². The Morgan fingerprint density at radius 3 is 1.72 bits per heavy atom. The fraction of sp³-hybridized carbons (Fsp3) is 0.500. The average molecular weight is 546 g/mol. The van der Waals surface area contributed by atoms with E-state index in [1.165, 1.54) is 11.1 Å². The van der Waals surface area contributed by atoms with Crippen molar-refractivity contribution in [3.8, 4) is 5.75 Å². The number of phenols is 1. The minimum Gasteiger partial charge on any atom is -0.508 e. The van der Waals surface area contributed by atoms with Crippen LogP contribution >= 0.6 is 0 Å². The first-order valence-electron chi connectivity index (χ1n) is 12.6. The van der Waals surface area contributed by atoms with Crippen LogP contribution in [0.5, 0.6) is 5.75 Å². The number of hydrogen-bond donors (Lipinski definition) is 6. The summed E-state index contributed by atoms with van der Waals surface area (Å²) in [6.07, 6.45) is 3.66. The first kappa shape index (κ1) is 31.7. The van der Waals surface area contributed by atoms with Gasteiger partial charge in [-0.2, -0.15) is 0 Å². The molecule has 1 aliphatic heterocycles. The molecule has 0 radical (unpaired) electrons. The molecule has 0 aliphatic carbocycles. The Morgan fingerprint density at radius 2 is 1.31 bits per heavy atom. The Kier molecular flexibility index (Phi) is 10.6. The van der Waals surface area contributed by atoms with Crippen LogP contribution in [-0.2, 0) is 27.5 Å². The smallest absolute Gasteiger partial charge is 0.336 e. The Bertz CT molecular complexity index is 1090. The van der Waals surface area contributed by atoms with E-state index >= 15 is 0 Å². The largest absolute Gasteiger partial charge is 0.508 e. The van der Waals surface area contributed by atoms with Crippen molar-refractivity contribution in [3.05, 3.63) is 59.9 Å². The molecule has 1 saturated heterocycles. The van der Waals surface area contributed by atoms with Gasteiger partial charge in [0.2, 0.25) is 0 Å². The van der Waals surface area contributed by atoms with Gasteiger partial charge >= 0.3 is 17.9 Å². The first-order valence-corrected chi connectivity index (χ1v) is 12.6. The summed E-state index contributed by atoms with van der Waals surface area (Å²) in [5.74, 6) is -4.70. The Balaban J connectivity index is 0.000000349. The van der Waals surface area contributed by atoms with Crippen molar-refractivity contribution >= 4 is 17.9 Å². The van der Waals surface area contributed by atoms with Gasteiger partial charge in [-0.1, -0.05) is 12.1 Å². The third-order valence-corrected chi connectivity index (χ3v) is 6.43. The summed E-state index contributed by atoms with van der Waals surface area (Å²) in [6.45, 7) is 11.0. The van der Waals surface area contributed by atoms with Gasteiger partial charge in [-0.3, -0.25) is 19.5 Å². The van der Waals surface area contributed by atoms with E-state index in [0.717, 1.165) is 25.9 Å². The fourth-order valence-electron chi connectivity index (χ4n) is 5.11.